The van der Waals surface area contributed by atoms with Crippen LogP contribution in [0.2, 0.25) is 0 Å². The zero-order valence-electron chi connectivity index (χ0n) is 18.6. The number of nitrogens with two attached hydrogens (primary N) is 1. The molecular weight excluding hydrogens is 428 g/mol. The average Bonchev–Trinajstić information content (AvgIpc) is 2.71. The van der Waals surface area contributed by atoms with Gasteiger partial charge in [0.15, 0.2) is 6.04 Å². The number of carbonyl (C=O) groups excluding carboxylic acids is 1. The van der Waals surface area contributed by atoms with E-state index in [9.17, 15) is 4.79 Å². The van der Waals surface area contributed by atoms with E-state index in [1.54, 1.807) is 31.2 Å². The maximum absolute atomic E-state index is 12.8. The van der Waals surface area contributed by atoms with Crippen LogP contribution in [0.1, 0.15) is 55.8 Å². The number of nitrogen functional groups attached to an aromatic ring is 1. The Labute approximate surface area is 196 Å². The van der Waals surface area contributed by atoms with Gasteiger partial charge in [-0.25, -0.2) is 4.79 Å². The molecule has 8 heteroatoms. The van der Waals surface area contributed by atoms with Gasteiger partial charge in [0.2, 0.25) is 0 Å². The van der Waals surface area contributed by atoms with E-state index < -0.39 is 6.04 Å². The van der Waals surface area contributed by atoms with Gasteiger partial charge in [-0.1, -0.05) is 12.5 Å². The summed E-state index contributed by atoms with van der Waals surface area (Å²) in [5.41, 5.74) is 8.75. The van der Waals surface area contributed by atoms with Crippen LogP contribution in [0.4, 0.5) is 5.69 Å². The first-order valence-electron chi connectivity index (χ1n) is 10.9. The summed E-state index contributed by atoms with van der Waals surface area (Å²) in [6.07, 6.45) is 3.70. The molecule has 0 saturated heterocycles. The number of hydrogen-bond donors (Lipinski definition) is 4. The highest BCUT2D eigenvalue weighted by Gasteiger charge is 2.24. The van der Waals surface area contributed by atoms with Crippen LogP contribution in [0.25, 0.3) is 0 Å². The summed E-state index contributed by atoms with van der Waals surface area (Å²) in [4.78, 5) is 12.8. The van der Waals surface area contributed by atoms with Crippen molar-refractivity contribution in [2.24, 2.45) is 5.73 Å². The van der Waals surface area contributed by atoms with Gasteiger partial charge < -0.3 is 25.8 Å². The van der Waals surface area contributed by atoms with Crippen molar-refractivity contribution in [2.45, 2.75) is 51.7 Å². The highest BCUT2D eigenvalue weighted by Crippen LogP contribution is 2.27. The van der Waals surface area contributed by atoms with E-state index in [4.69, 9.17) is 20.6 Å². The predicted octanol–water partition coefficient (Wildman–Crippen LogP) is 4.15. The quantitative estimate of drug-likeness (QED) is 0.228. The molecule has 5 N–H and O–H groups in total. The Morgan fingerprint density at radius 1 is 1.16 bits per heavy atom. The van der Waals surface area contributed by atoms with Crippen LogP contribution in [-0.2, 0) is 16.1 Å². The van der Waals surface area contributed by atoms with E-state index >= 15 is 0 Å². The van der Waals surface area contributed by atoms with Gasteiger partial charge in [0.05, 0.1) is 13.2 Å². The third-order valence-corrected chi connectivity index (χ3v) is 5.36. The zero-order chi connectivity index (χ0) is 22.2. The van der Waals surface area contributed by atoms with Crippen LogP contribution in [0.5, 0.6) is 5.75 Å². The minimum Gasteiger partial charge on any atom is -0.494 e. The molecule has 174 valence electrons. The van der Waals surface area contributed by atoms with Crippen LogP contribution in [-0.4, -0.2) is 31.1 Å². The Kier molecular flexibility index (Phi) is 9.81. The molecule has 0 aliphatic heterocycles. The Hall–Kier alpha value is -2.77. The van der Waals surface area contributed by atoms with Crippen LogP contribution < -0.4 is 21.1 Å². The first kappa shape index (κ1) is 25.5. The Bertz CT molecular complexity index is 901. The second-order valence-electron chi connectivity index (χ2n) is 7.67. The number of benzene rings is 2. The molecule has 1 saturated carbocycles. The molecule has 3 rings (SSSR count). The topological polar surface area (TPSA) is 109 Å². The molecule has 2 aromatic carbocycles. The molecular formula is C24H33ClN4O3. The predicted molar refractivity (Wildman–Crippen MR) is 130 cm³/mol. The molecule has 0 bridgehead atoms. The van der Waals surface area contributed by atoms with Crippen molar-refractivity contribution < 1.29 is 14.3 Å². The van der Waals surface area contributed by atoms with E-state index in [0.29, 0.717) is 24.8 Å². The average molecular weight is 461 g/mol. The number of ether oxygens (including phenoxy) is 2. The van der Waals surface area contributed by atoms with Gasteiger partial charge in [-0.05, 0) is 74.2 Å². The summed E-state index contributed by atoms with van der Waals surface area (Å²) < 4.78 is 11.1. The molecule has 1 unspecified atom stereocenters. The number of halogens is 1. The lowest BCUT2D eigenvalue weighted by Gasteiger charge is -2.27. The summed E-state index contributed by atoms with van der Waals surface area (Å²) in [5.74, 6) is 0.375. The molecule has 1 aliphatic carbocycles. The Morgan fingerprint density at radius 2 is 1.88 bits per heavy atom. The molecule has 2 aromatic rings. The SMILES string of the molecule is CCOC(=O)C(Nc1ccc(C(=N)N)cc1)c1cc(CNC2CCC2)cc(OCC)c1.Cl. The number of hydrogen-bond acceptors (Lipinski definition) is 6. The van der Waals surface area contributed by atoms with Crippen molar-refractivity contribution >= 4 is 29.9 Å². The second kappa shape index (κ2) is 12.3. The Balaban J connectivity index is 0.00000363. The van der Waals surface area contributed by atoms with E-state index in [-0.39, 0.29) is 24.2 Å². The largest absolute Gasteiger partial charge is 0.494 e. The summed E-state index contributed by atoms with van der Waals surface area (Å²) in [6.45, 7) is 5.30. The summed E-state index contributed by atoms with van der Waals surface area (Å²) >= 11 is 0. The van der Waals surface area contributed by atoms with Gasteiger partial charge >= 0.3 is 5.97 Å². The number of nitrogens with one attached hydrogen (secondary N) is 3. The molecule has 0 spiro atoms. The van der Waals surface area contributed by atoms with Gasteiger partial charge in [-0.3, -0.25) is 5.41 Å². The number of amidine groups is 1. The second-order valence-corrected chi connectivity index (χ2v) is 7.67. The lowest BCUT2D eigenvalue weighted by atomic mass is 9.93. The highest BCUT2D eigenvalue weighted by atomic mass is 35.5. The minimum atomic E-state index is -0.689. The van der Waals surface area contributed by atoms with Gasteiger partial charge in [0.25, 0.3) is 0 Å². The molecule has 7 nitrogen and oxygen atoms in total. The molecule has 0 heterocycles. The smallest absolute Gasteiger partial charge is 0.333 e. The summed E-state index contributed by atoms with van der Waals surface area (Å²) in [7, 11) is 0. The zero-order valence-corrected chi connectivity index (χ0v) is 19.5. The molecule has 32 heavy (non-hydrogen) atoms. The van der Waals surface area contributed by atoms with Crippen LogP contribution in [0, 0.1) is 5.41 Å². The highest BCUT2D eigenvalue weighted by molar-refractivity contribution is 5.95. The first-order valence-corrected chi connectivity index (χ1v) is 10.9. The molecule has 1 atom stereocenters. The maximum atomic E-state index is 12.8. The fraction of sp³-hybridized carbons (Fsp3) is 0.417. The van der Waals surface area contributed by atoms with E-state index in [1.807, 2.05) is 25.1 Å². The van der Waals surface area contributed by atoms with Crippen molar-refractivity contribution in [3.63, 3.8) is 0 Å². The van der Waals surface area contributed by atoms with Gasteiger partial charge in [0, 0.05) is 23.8 Å². The van der Waals surface area contributed by atoms with Gasteiger partial charge in [0.1, 0.15) is 11.6 Å². The number of anilines is 1. The first-order chi connectivity index (χ1) is 15.0. The van der Waals surface area contributed by atoms with E-state index in [2.05, 4.69) is 10.6 Å². The van der Waals surface area contributed by atoms with Gasteiger partial charge in [-0.2, -0.15) is 0 Å². The minimum absolute atomic E-state index is 0. The Morgan fingerprint density at radius 3 is 2.44 bits per heavy atom. The maximum Gasteiger partial charge on any atom is 0.333 e. The van der Waals surface area contributed by atoms with Crippen molar-refractivity contribution in [3.8, 4) is 5.75 Å². The lowest BCUT2D eigenvalue weighted by Crippen LogP contribution is -2.34. The van der Waals surface area contributed by atoms with Crippen LogP contribution >= 0.6 is 12.4 Å². The van der Waals surface area contributed by atoms with Crippen molar-refractivity contribution in [2.75, 3.05) is 18.5 Å². The molecule has 0 amide bonds. The normalized spacial score (nSPS) is 13.9. The van der Waals surface area contributed by atoms with Crippen LogP contribution in [0.3, 0.4) is 0 Å². The summed E-state index contributed by atoms with van der Waals surface area (Å²) in [5, 5.41) is 14.4. The van der Waals surface area contributed by atoms with Crippen LogP contribution in [0.15, 0.2) is 42.5 Å². The van der Waals surface area contributed by atoms with E-state index in [1.165, 1.54) is 19.3 Å². The molecule has 1 fully saturated rings. The fourth-order valence-electron chi connectivity index (χ4n) is 3.50. The van der Waals surface area contributed by atoms with Crippen molar-refractivity contribution in [1.29, 1.82) is 5.41 Å². The molecule has 0 aromatic heterocycles. The molecule has 0 radical (unpaired) electrons. The van der Waals surface area contributed by atoms with Crippen molar-refractivity contribution in [1.82, 2.24) is 5.32 Å². The third-order valence-electron chi connectivity index (χ3n) is 5.36. The standard InChI is InChI=1S/C24H32N4O3.ClH/c1-3-30-21-13-16(15-27-19-6-5-7-19)12-18(14-21)22(24(29)31-4-2)28-20-10-8-17(9-11-20)23(25)26;/h8-14,19,22,27-28H,3-7,15H2,1-2H3,(H3,25,26);1H. The number of carbonyl (C=O) groups is 1. The monoisotopic (exact) mass is 460 g/mol. The van der Waals surface area contributed by atoms with Gasteiger partial charge in [-0.15, -0.1) is 12.4 Å². The number of rotatable bonds is 11. The molecule has 1 aliphatic rings. The number of esters is 1. The third kappa shape index (κ3) is 6.87. The van der Waals surface area contributed by atoms with Crippen molar-refractivity contribution in [3.05, 3.63) is 59.2 Å². The fourth-order valence-corrected chi connectivity index (χ4v) is 3.50. The lowest BCUT2D eigenvalue weighted by molar-refractivity contribution is -0.144. The summed E-state index contributed by atoms with van der Waals surface area (Å²) in [6, 6.07) is 12.9. The van der Waals surface area contributed by atoms with E-state index in [0.717, 1.165) is 29.1 Å².